The van der Waals surface area contributed by atoms with E-state index in [-0.39, 0.29) is 24.3 Å². The van der Waals surface area contributed by atoms with Crippen molar-refractivity contribution in [3.63, 3.8) is 0 Å². The SMILES string of the molecule is NC(=O)CCOc1ccc(C(=O)O)cc1S(N)(=O)=O. The van der Waals surface area contributed by atoms with Gasteiger partial charge >= 0.3 is 5.97 Å². The molecule has 0 atom stereocenters. The van der Waals surface area contributed by atoms with Gasteiger partial charge in [-0.15, -0.1) is 0 Å². The van der Waals surface area contributed by atoms with Gasteiger partial charge in [0, 0.05) is 0 Å². The highest BCUT2D eigenvalue weighted by atomic mass is 32.2. The maximum Gasteiger partial charge on any atom is 0.335 e. The molecule has 0 bridgehead atoms. The molecule has 0 aliphatic carbocycles. The van der Waals surface area contributed by atoms with Gasteiger partial charge in [0.1, 0.15) is 10.6 Å². The number of primary amides is 1. The first-order chi connectivity index (χ1) is 8.71. The number of nitrogens with two attached hydrogens (primary N) is 2. The molecule has 19 heavy (non-hydrogen) atoms. The molecular formula is C10H12N2O6S. The third-order valence-electron chi connectivity index (χ3n) is 2.10. The fourth-order valence-electron chi connectivity index (χ4n) is 1.24. The second-order valence-corrected chi connectivity index (χ2v) is 5.11. The van der Waals surface area contributed by atoms with Crippen LogP contribution < -0.4 is 15.6 Å². The Hall–Kier alpha value is -2.13. The number of hydrogen-bond acceptors (Lipinski definition) is 5. The van der Waals surface area contributed by atoms with Gasteiger partial charge in [0.05, 0.1) is 18.6 Å². The molecule has 1 aromatic carbocycles. The summed E-state index contributed by atoms with van der Waals surface area (Å²) in [5.74, 6) is -2.04. The lowest BCUT2D eigenvalue weighted by molar-refractivity contribution is -0.118. The minimum absolute atomic E-state index is 0.106. The standard InChI is InChI=1S/C10H12N2O6S/c11-9(13)3-4-18-7-2-1-6(10(14)15)5-8(7)19(12,16)17/h1-2,5H,3-4H2,(H2,11,13)(H,14,15)(H2,12,16,17). The molecule has 0 aliphatic heterocycles. The lowest BCUT2D eigenvalue weighted by atomic mass is 10.2. The van der Waals surface area contributed by atoms with Crippen LogP contribution in [-0.2, 0) is 14.8 Å². The van der Waals surface area contributed by atoms with Crippen molar-refractivity contribution in [3.05, 3.63) is 23.8 Å². The molecule has 0 saturated heterocycles. The van der Waals surface area contributed by atoms with E-state index in [4.69, 9.17) is 20.7 Å². The summed E-state index contributed by atoms with van der Waals surface area (Å²) in [6.45, 7) is -0.135. The summed E-state index contributed by atoms with van der Waals surface area (Å²) in [4.78, 5) is 20.8. The minimum Gasteiger partial charge on any atom is -0.492 e. The lowest BCUT2D eigenvalue weighted by Crippen LogP contribution is -2.17. The highest BCUT2D eigenvalue weighted by molar-refractivity contribution is 7.89. The second-order valence-electron chi connectivity index (χ2n) is 3.58. The van der Waals surface area contributed by atoms with Crippen molar-refractivity contribution in [2.45, 2.75) is 11.3 Å². The monoisotopic (exact) mass is 288 g/mol. The van der Waals surface area contributed by atoms with Crippen molar-refractivity contribution in [2.75, 3.05) is 6.61 Å². The van der Waals surface area contributed by atoms with Crippen molar-refractivity contribution in [1.82, 2.24) is 0 Å². The van der Waals surface area contributed by atoms with E-state index in [9.17, 15) is 18.0 Å². The number of carbonyl (C=O) groups is 2. The Kier molecular flexibility index (Phi) is 4.46. The number of aromatic carboxylic acids is 1. The third-order valence-corrected chi connectivity index (χ3v) is 3.04. The van der Waals surface area contributed by atoms with Gasteiger partial charge in [0.25, 0.3) is 0 Å². The number of benzene rings is 1. The quantitative estimate of drug-likeness (QED) is 0.629. The maximum absolute atomic E-state index is 11.3. The lowest BCUT2D eigenvalue weighted by Gasteiger charge is -2.10. The van der Waals surface area contributed by atoms with E-state index in [0.29, 0.717) is 0 Å². The summed E-state index contributed by atoms with van der Waals surface area (Å²) in [7, 11) is -4.14. The van der Waals surface area contributed by atoms with Gasteiger partial charge < -0.3 is 15.6 Å². The van der Waals surface area contributed by atoms with Gasteiger partial charge in [0.2, 0.25) is 15.9 Å². The normalized spacial score (nSPS) is 11.0. The molecule has 1 amide bonds. The van der Waals surface area contributed by atoms with Crippen LogP contribution in [0.3, 0.4) is 0 Å². The van der Waals surface area contributed by atoms with Crippen molar-refractivity contribution >= 4 is 21.9 Å². The smallest absolute Gasteiger partial charge is 0.335 e. The van der Waals surface area contributed by atoms with Crippen LogP contribution in [0.2, 0.25) is 0 Å². The largest absolute Gasteiger partial charge is 0.492 e. The first kappa shape index (κ1) is 14.9. The van der Waals surface area contributed by atoms with Crippen LogP contribution >= 0.6 is 0 Å². The summed E-state index contributed by atoms with van der Waals surface area (Å²) in [5.41, 5.74) is 4.66. The zero-order chi connectivity index (χ0) is 14.6. The van der Waals surface area contributed by atoms with E-state index in [1.54, 1.807) is 0 Å². The summed E-state index contributed by atoms with van der Waals surface area (Å²) in [6.07, 6.45) is -0.106. The van der Waals surface area contributed by atoms with E-state index in [1.807, 2.05) is 0 Å². The molecular weight excluding hydrogens is 276 g/mol. The van der Waals surface area contributed by atoms with Crippen LogP contribution in [-0.4, -0.2) is 32.0 Å². The van der Waals surface area contributed by atoms with Gasteiger partial charge in [-0.05, 0) is 18.2 Å². The summed E-state index contributed by atoms with van der Waals surface area (Å²) < 4.78 is 27.7. The van der Waals surface area contributed by atoms with Crippen LogP contribution in [0.25, 0.3) is 0 Å². The summed E-state index contributed by atoms with van der Waals surface area (Å²) in [6, 6.07) is 3.21. The molecule has 8 nitrogen and oxygen atoms in total. The second kappa shape index (κ2) is 5.67. The van der Waals surface area contributed by atoms with E-state index in [2.05, 4.69) is 0 Å². The molecule has 0 unspecified atom stereocenters. The van der Waals surface area contributed by atoms with Gasteiger partial charge in [-0.2, -0.15) is 0 Å². The highest BCUT2D eigenvalue weighted by Gasteiger charge is 2.18. The molecule has 5 N–H and O–H groups in total. The predicted molar refractivity (Wildman–Crippen MR) is 64.1 cm³/mol. The molecule has 0 heterocycles. The molecule has 0 fully saturated rings. The van der Waals surface area contributed by atoms with Crippen molar-refractivity contribution < 1.29 is 27.9 Å². The number of sulfonamides is 1. The van der Waals surface area contributed by atoms with Crippen LogP contribution in [0, 0.1) is 0 Å². The number of amides is 1. The number of rotatable bonds is 6. The van der Waals surface area contributed by atoms with Gasteiger partial charge in [-0.25, -0.2) is 18.4 Å². The van der Waals surface area contributed by atoms with Gasteiger partial charge in [-0.3, -0.25) is 4.79 Å². The fraction of sp³-hybridized carbons (Fsp3) is 0.200. The average Bonchev–Trinajstić information content (AvgIpc) is 2.27. The zero-order valence-electron chi connectivity index (χ0n) is 9.70. The topological polar surface area (TPSA) is 150 Å². The average molecular weight is 288 g/mol. The summed E-state index contributed by atoms with van der Waals surface area (Å²) >= 11 is 0. The molecule has 1 rings (SSSR count). The fourth-order valence-corrected chi connectivity index (χ4v) is 1.94. The van der Waals surface area contributed by atoms with Crippen LogP contribution in [0.4, 0.5) is 0 Å². The van der Waals surface area contributed by atoms with Crippen molar-refractivity contribution in [3.8, 4) is 5.75 Å². The molecule has 9 heteroatoms. The first-order valence-corrected chi connectivity index (χ1v) is 6.57. The first-order valence-electron chi connectivity index (χ1n) is 5.03. The molecule has 0 spiro atoms. The van der Waals surface area contributed by atoms with Crippen LogP contribution in [0.1, 0.15) is 16.8 Å². The maximum atomic E-state index is 11.3. The van der Waals surface area contributed by atoms with Crippen molar-refractivity contribution in [1.29, 1.82) is 0 Å². The molecule has 0 aliphatic rings. The van der Waals surface area contributed by atoms with Crippen LogP contribution in [0.15, 0.2) is 23.1 Å². The van der Waals surface area contributed by atoms with E-state index >= 15 is 0 Å². The van der Waals surface area contributed by atoms with Crippen LogP contribution in [0.5, 0.6) is 5.75 Å². The number of primary sulfonamides is 1. The Labute approximate surface area is 109 Å². The Morgan fingerprint density at radius 3 is 2.42 bits per heavy atom. The minimum atomic E-state index is -4.14. The van der Waals surface area contributed by atoms with E-state index < -0.39 is 26.8 Å². The molecule has 0 radical (unpaired) electrons. The van der Waals surface area contributed by atoms with Crippen molar-refractivity contribution in [2.24, 2.45) is 10.9 Å². The van der Waals surface area contributed by atoms with Gasteiger partial charge in [-0.1, -0.05) is 0 Å². The number of hydrogen-bond donors (Lipinski definition) is 3. The Balaban J connectivity index is 3.10. The molecule has 104 valence electrons. The number of ether oxygens (including phenoxy) is 1. The molecule has 0 aromatic heterocycles. The zero-order valence-corrected chi connectivity index (χ0v) is 10.5. The predicted octanol–water partition coefficient (Wildman–Crippen LogP) is -0.714. The Morgan fingerprint density at radius 1 is 1.32 bits per heavy atom. The molecule has 0 saturated carbocycles. The van der Waals surface area contributed by atoms with Gasteiger partial charge in [0.15, 0.2) is 0 Å². The number of carbonyl (C=O) groups excluding carboxylic acids is 1. The van der Waals surface area contributed by atoms with E-state index in [0.717, 1.165) is 18.2 Å². The Morgan fingerprint density at radius 2 is 1.95 bits per heavy atom. The Bertz CT molecular complexity index is 610. The van der Waals surface area contributed by atoms with E-state index in [1.165, 1.54) is 0 Å². The summed E-state index contributed by atoms with van der Waals surface area (Å²) in [5, 5.41) is 13.7. The highest BCUT2D eigenvalue weighted by Crippen LogP contribution is 2.24. The third kappa shape index (κ3) is 4.23. The molecule has 1 aromatic rings. The number of carboxylic acid groups (broad SMARTS) is 1. The number of carboxylic acids is 1.